The Labute approximate surface area is 145 Å². The molecular weight excluding hydrogens is 288 g/mol. The van der Waals surface area contributed by atoms with E-state index in [1.54, 1.807) is 32.7 Å². The normalized spacial score (nSPS) is 15.3. The minimum absolute atomic E-state index is 1.22. The van der Waals surface area contributed by atoms with Crippen LogP contribution in [0.1, 0.15) is 59.1 Å². The first-order valence-corrected chi connectivity index (χ1v) is 9.53. The van der Waals surface area contributed by atoms with E-state index in [4.69, 9.17) is 0 Å². The predicted molar refractivity (Wildman–Crippen MR) is 106 cm³/mol. The molecule has 0 aromatic heterocycles. The van der Waals surface area contributed by atoms with Gasteiger partial charge in [-0.3, -0.25) is 0 Å². The summed E-state index contributed by atoms with van der Waals surface area (Å²) < 4.78 is 0. The van der Waals surface area contributed by atoms with Crippen LogP contribution < -0.4 is 0 Å². The van der Waals surface area contributed by atoms with E-state index >= 15 is 0 Å². The molecule has 0 radical (unpaired) electrons. The summed E-state index contributed by atoms with van der Waals surface area (Å²) in [7, 11) is 0. The molecule has 0 spiro atoms. The van der Waals surface area contributed by atoms with Crippen LogP contribution in [0.25, 0.3) is 21.5 Å². The molecule has 3 aromatic rings. The van der Waals surface area contributed by atoms with E-state index in [1.807, 2.05) is 0 Å². The average Bonchev–Trinajstić information content (AvgIpc) is 2.58. The van der Waals surface area contributed by atoms with Gasteiger partial charge in [0.25, 0.3) is 0 Å². The van der Waals surface area contributed by atoms with Crippen molar-refractivity contribution in [3.8, 4) is 0 Å². The molecule has 0 atom stereocenters. The van der Waals surface area contributed by atoms with Gasteiger partial charge in [0.15, 0.2) is 0 Å². The third-order valence-corrected chi connectivity index (χ3v) is 6.05. The van der Waals surface area contributed by atoms with Crippen molar-refractivity contribution in [2.24, 2.45) is 0 Å². The summed E-state index contributed by atoms with van der Waals surface area (Å²) in [4.78, 5) is 0. The third kappa shape index (κ3) is 2.27. The second-order valence-corrected chi connectivity index (χ2v) is 7.77. The Balaban J connectivity index is 2.33. The fourth-order valence-electron chi connectivity index (χ4n) is 4.88. The second-order valence-electron chi connectivity index (χ2n) is 7.77. The molecule has 1 aliphatic carbocycles. The van der Waals surface area contributed by atoms with Crippen LogP contribution in [0.2, 0.25) is 0 Å². The SMILES string of the molecule is Cc1ccc(C)c2c3c4c(C)ccc(C)c4c(c12)CCCCCC3. The molecule has 0 saturated heterocycles. The van der Waals surface area contributed by atoms with E-state index in [2.05, 4.69) is 52.0 Å². The van der Waals surface area contributed by atoms with Crippen LogP contribution in [0.15, 0.2) is 24.3 Å². The van der Waals surface area contributed by atoms with Gasteiger partial charge < -0.3 is 0 Å². The topological polar surface area (TPSA) is 0 Å². The van der Waals surface area contributed by atoms with Gasteiger partial charge in [-0.2, -0.15) is 0 Å². The van der Waals surface area contributed by atoms with Gasteiger partial charge in [-0.1, -0.05) is 37.1 Å². The van der Waals surface area contributed by atoms with Gasteiger partial charge in [-0.25, -0.2) is 0 Å². The van der Waals surface area contributed by atoms with Gasteiger partial charge in [0, 0.05) is 0 Å². The first-order valence-electron chi connectivity index (χ1n) is 9.53. The van der Waals surface area contributed by atoms with Crippen LogP contribution in [-0.2, 0) is 12.8 Å². The number of rotatable bonds is 0. The number of aryl methyl sites for hydroxylation is 6. The maximum atomic E-state index is 2.33. The molecule has 3 aromatic carbocycles. The van der Waals surface area contributed by atoms with Crippen molar-refractivity contribution in [1.82, 2.24) is 0 Å². The Bertz CT molecular complexity index is 797. The van der Waals surface area contributed by atoms with E-state index in [9.17, 15) is 0 Å². The molecule has 2 bridgehead atoms. The molecule has 0 aliphatic heterocycles. The number of benzene rings is 3. The average molecular weight is 316 g/mol. The molecule has 124 valence electrons. The summed E-state index contributed by atoms with van der Waals surface area (Å²) in [6.07, 6.45) is 7.84. The Kier molecular flexibility index (Phi) is 3.87. The van der Waals surface area contributed by atoms with Gasteiger partial charge in [0.05, 0.1) is 0 Å². The molecule has 0 amide bonds. The van der Waals surface area contributed by atoms with E-state index in [0.29, 0.717) is 0 Å². The lowest BCUT2D eigenvalue weighted by atomic mass is 9.80. The monoisotopic (exact) mass is 316 g/mol. The highest BCUT2D eigenvalue weighted by atomic mass is 14.2. The molecule has 0 nitrogen and oxygen atoms in total. The minimum atomic E-state index is 1.22. The summed E-state index contributed by atoms with van der Waals surface area (Å²) in [6, 6.07) is 9.31. The van der Waals surface area contributed by atoms with Crippen molar-refractivity contribution in [1.29, 1.82) is 0 Å². The number of fused-ring (bicyclic) bond motifs is 3. The van der Waals surface area contributed by atoms with Crippen molar-refractivity contribution in [3.05, 3.63) is 57.6 Å². The predicted octanol–water partition coefficient (Wildman–Crippen LogP) is 6.89. The Morgan fingerprint density at radius 1 is 0.458 bits per heavy atom. The molecule has 0 heterocycles. The van der Waals surface area contributed by atoms with Crippen molar-refractivity contribution < 1.29 is 0 Å². The zero-order valence-corrected chi connectivity index (χ0v) is 15.6. The highest BCUT2D eigenvalue weighted by molar-refractivity contribution is 6.10. The third-order valence-electron chi connectivity index (χ3n) is 6.05. The number of hydrogen-bond acceptors (Lipinski definition) is 0. The smallest absolute Gasteiger partial charge is 0.0111 e. The maximum Gasteiger partial charge on any atom is -0.0111 e. The second kappa shape index (κ2) is 5.92. The van der Waals surface area contributed by atoms with Crippen LogP contribution in [-0.4, -0.2) is 0 Å². The van der Waals surface area contributed by atoms with Crippen LogP contribution in [0.3, 0.4) is 0 Å². The van der Waals surface area contributed by atoms with E-state index in [-0.39, 0.29) is 0 Å². The van der Waals surface area contributed by atoms with Gasteiger partial charge in [0.2, 0.25) is 0 Å². The molecule has 0 heteroatoms. The summed E-state index contributed by atoms with van der Waals surface area (Å²) in [6.45, 7) is 9.21. The maximum absolute atomic E-state index is 2.33. The fourth-order valence-corrected chi connectivity index (χ4v) is 4.88. The van der Waals surface area contributed by atoms with Gasteiger partial charge >= 0.3 is 0 Å². The van der Waals surface area contributed by atoms with Crippen molar-refractivity contribution >= 4 is 21.5 Å². The molecule has 0 fully saturated rings. The van der Waals surface area contributed by atoms with Crippen molar-refractivity contribution in [2.75, 3.05) is 0 Å². The lowest BCUT2D eigenvalue weighted by molar-refractivity contribution is 0.641. The van der Waals surface area contributed by atoms with E-state index < -0.39 is 0 Å². The first-order chi connectivity index (χ1) is 11.6. The minimum Gasteiger partial charge on any atom is -0.0584 e. The highest BCUT2D eigenvalue weighted by Crippen LogP contribution is 2.41. The standard InChI is InChI=1S/C24H28/c1-15-11-12-16(2)22-20-10-8-6-5-7-9-19(21(15)22)23-17(3)13-14-18(4)24(20)23/h11-14H,5-10H2,1-4H3. The molecule has 24 heavy (non-hydrogen) atoms. The zero-order valence-electron chi connectivity index (χ0n) is 15.6. The van der Waals surface area contributed by atoms with Crippen LogP contribution in [0.5, 0.6) is 0 Å². The Morgan fingerprint density at radius 3 is 1.04 bits per heavy atom. The van der Waals surface area contributed by atoms with Gasteiger partial charge in [0.1, 0.15) is 0 Å². The first kappa shape index (κ1) is 15.7. The van der Waals surface area contributed by atoms with E-state index in [1.165, 1.54) is 60.8 Å². The summed E-state index contributed by atoms with van der Waals surface area (Å²) in [5, 5.41) is 6.25. The molecule has 0 N–H and O–H groups in total. The number of hydrogen-bond donors (Lipinski definition) is 0. The molecule has 0 unspecified atom stereocenters. The zero-order chi connectivity index (χ0) is 16.8. The van der Waals surface area contributed by atoms with Crippen LogP contribution in [0.4, 0.5) is 0 Å². The van der Waals surface area contributed by atoms with Crippen molar-refractivity contribution in [2.45, 2.75) is 66.2 Å². The lowest BCUT2D eigenvalue weighted by Gasteiger charge is -2.24. The molecular formula is C24H28. The van der Waals surface area contributed by atoms with Crippen LogP contribution >= 0.6 is 0 Å². The molecule has 4 rings (SSSR count). The summed E-state index contributed by atoms with van der Waals surface area (Å²) >= 11 is 0. The largest absolute Gasteiger partial charge is 0.0584 e. The fraction of sp³-hybridized carbons (Fsp3) is 0.417. The lowest BCUT2D eigenvalue weighted by Crippen LogP contribution is -2.04. The van der Waals surface area contributed by atoms with Crippen LogP contribution in [0, 0.1) is 27.7 Å². The van der Waals surface area contributed by atoms with Gasteiger partial charge in [-0.15, -0.1) is 0 Å². The summed E-state index contributed by atoms with van der Waals surface area (Å²) in [5.74, 6) is 0. The Hall–Kier alpha value is -1.82. The molecule has 0 saturated carbocycles. The van der Waals surface area contributed by atoms with Gasteiger partial charge in [-0.05, 0) is 108 Å². The van der Waals surface area contributed by atoms with E-state index in [0.717, 1.165) is 0 Å². The molecule has 1 aliphatic rings. The Morgan fingerprint density at radius 2 is 0.750 bits per heavy atom. The highest BCUT2D eigenvalue weighted by Gasteiger charge is 2.20. The summed E-state index contributed by atoms with van der Waals surface area (Å²) in [5.41, 5.74) is 9.05. The van der Waals surface area contributed by atoms with Crippen molar-refractivity contribution in [3.63, 3.8) is 0 Å². The quantitative estimate of drug-likeness (QED) is 0.396.